The van der Waals surface area contributed by atoms with E-state index in [4.69, 9.17) is 5.73 Å². The van der Waals surface area contributed by atoms with E-state index in [-0.39, 0.29) is 18.0 Å². The lowest BCUT2D eigenvalue weighted by Gasteiger charge is -2.30. The number of hydrogen-bond acceptors (Lipinski definition) is 2. The zero-order valence-electron chi connectivity index (χ0n) is 12.0. The number of rotatable bonds is 2. The van der Waals surface area contributed by atoms with Crippen LogP contribution in [0.2, 0.25) is 0 Å². The first-order valence-electron chi connectivity index (χ1n) is 7.44. The Bertz CT molecular complexity index is 838. The van der Waals surface area contributed by atoms with Gasteiger partial charge >= 0.3 is 0 Å². The van der Waals surface area contributed by atoms with Crippen LogP contribution in [0.4, 0.5) is 0 Å². The third-order valence-corrected chi connectivity index (χ3v) is 4.39. The zero-order valence-corrected chi connectivity index (χ0v) is 12.0. The Morgan fingerprint density at radius 2 is 1.77 bits per heavy atom. The lowest BCUT2D eigenvalue weighted by atomic mass is 9.90. The van der Waals surface area contributed by atoms with Crippen LogP contribution in [0.1, 0.15) is 22.9 Å². The number of nitrogens with two attached hydrogens (primary N) is 1. The van der Waals surface area contributed by atoms with Gasteiger partial charge in [-0.3, -0.25) is 10.1 Å². The van der Waals surface area contributed by atoms with E-state index in [1.54, 1.807) is 0 Å². The fourth-order valence-corrected chi connectivity index (χ4v) is 3.33. The Hall–Kier alpha value is -2.59. The van der Waals surface area contributed by atoms with Crippen molar-refractivity contribution in [3.63, 3.8) is 0 Å². The minimum Gasteiger partial charge on any atom is -0.368 e. The Labute approximate surface area is 128 Å². The van der Waals surface area contributed by atoms with E-state index in [9.17, 15) is 4.79 Å². The summed E-state index contributed by atoms with van der Waals surface area (Å²) in [5, 5.41) is 4.55. The first-order chi connectivity index (χ1) is 10.7. The molecular weight excluding hydrogens is 274 g/mol. The van der Waals surface area contributed by atoms with Crippen molar-refractivity contribution in [3.05, 3.63) is 71.4 Å². The normalized spacial score (nSPS) is 20.7. The van der Waals surface area contributed by atoms with Crippen molar-refractivity contribution < 1.29 is 4.79 Å². The highest BCUT2D eigenvalue weighted by Gasteiger charge is 2.32. The molecule has 3 aromatic rings. The monoisotopic (exact) mass is 291 g/mol. The van der Waals surface area contributed by atoms with Gasteiger partial charge in [0.05, 0.1) is 12.1 Å². The molecule has 1 amide bonds. The van der Waals surface area contributed by atoms with Crippen LogP contribution in [0.25, 0.3) is 10.9 Å². The summed E-state index contributed by atoms with van der Waals surface area (Å²) in [4.78, 5) is 15.3. The largest absolute Gasteiger partial charge is 0.368 e. The molecule has 1 aliphatic rings. The van der Waals surface area contributed by atoms with Crippen LogP contribution in [0.5, 0.6) is 0 Å². The number of amides is 1. The summed E-state index contributed by atoms with van der Waals surface area (Å²) in [6.45, 7) is 0. The summed E-state index contributed by atoms with van der Waals surface area (Å²) in [6, 6.07) is 17.9. The highest BCUT2D eigenvalue weighted by Crippen LogP contribution is 2.34. The van der Waals surface area contributed by atoms with Crippen molar-refractivity contribution >= 4 is 16.8 Å². The number of fused-ring (bicyclic) bond motifs is 3. The van der Waals surface area contributed by atoms with Gasteiger partial charge in [0.1, 0.15) is 0 Å². The molecule has 2 unspecified atom stereocenters. The second-order valence-electron chi connectivity index (χ2n) is 5.73. The van der Waals surface area contributed by atoms with Crippen molar-refractivity contribution in [2.75, 3.05) is 0 Å². The summed E-state index contributed by atoms with van der Waals surface area (Å²) in [5.41, 5.74) is 10.1. The van der Waals surface area contributed by atoms with E-state index < -0.39 is 0 Å². The minimum atomic E-state index is -0.350. The predicted octanol–water partition coefficient (Wildman–Crippen LogP) is 2.26. The van der Waals surface area contributed by atoms with E-state index >= 15 is 0 Å². The van der Waals surface area contributed by atoms with Gasteiger partial charge in [-0.1, -0.05) is 48.5 Å². The van der Waals surface area contributed by atoms with E-state index in [1.807, 2.05) is 30.3 Å². The number of hydrogen-bond donors (Lipinski definition) is 3. The molecule has 2 aromatic carbocycles. The highest BCUT2D eigenvalue weighted by molar-refractivity contribution is 5.88. The first-order valence-corrected chi connectivity index (χ1v) is 7.44. The van der Waals surface area contributed by atoms with Gasteiger partial charge in [-0.25, -0.2) is 0 Å². The number of carbonyl (C=O) groups is 1. The van der Waals surface area contributed by atoms with Crippen molar-refractivity contribution in [2.24, 2.45) is 5.73 Å². The van der Waals surface area contributed by atoms with Gasteiger partial charge in [0.15, 0.2) is 0 Å². The van der Waals surface area contributed by atoms with Crippen molar-refractivity contribution in [1.29, 1.82) is 0 Å². The Balaban J connectivity index is 1.91. The van der Waals surface area contributed by atoms with Crippen LogP contribution in [-0.4, -0.2) is 16.9 Å². The smallest absolute Gasteiger partial charge is 0.234 e. The summed E-state index contributed by atoms with van der Waals surface area (Å²) in [5.74, 6) is -0.308. The molecule has 22 heavy (non-hydrogen) atoms. The maximum atomic E-state index is 11.7. The van der Waals surface area contributed by atoms with Gasteiger partial charge in [0.2, 0.25) is 5.91 Å². The number of benzene rings is 2. The van der Waals surface area contributed by atoms with Crippen LogP contribution >= 0.6 is 0 Å². The number of aromatic nitrogens is 1. The topological polar surface area (TPSA) is 70.9 Å². The van der Waals surface area contributed by atoms with Crippen LogP contribution in [-0.2, 0) is 11.2 Å². The van der Waals surface area contributed by atoms with E-state index in [1.165, 1.54) is 10.9 Å². The predicted molar refractivity (Wildman–Crippen MR) is 86.4 cm³/mol. The Kier molecular flexibility index (Phi) is 2.98. The molecular formula is C18H17N3O. The molecule has 0 saturated heterocycles. The zero-order chi connectivity index (χ0) is 15.1. The second kappa shape index (κ2) is 5.00. The molecule has 2 atom stereocenters. The lowest BCUT2D eigenvalue weighted by Crippen LogP contribution is -2.47. The molecule has 1 aliphatic heterocycles. The van der Waals surface area contributed by atoms with Crippen molar-refractivity contribution in [1.82, 2.24) is 10.3 Å². The summed E-state index contributed by atoms with van der Waals surface area (Å²) in [6.07, 6.45) is 0.623. The molecule has 1 aromatic heterocycles. The van der Waals surface area contributed by atoms with Crippen LogP contribution < -0.4 is 11.1 Å². The van der Waals surface area contributed by atoms with Gasteiger partial charge in [-0.2, -0.15) is 0 Å². The molecule has 0 bridgehead atoms. The lowest BCUT2D eigenvalue weighted by molar-refractivity contribution is -0.120. The maximum absolute atomic E-state index is 11.7. The summed E-state index contributed by atoms with van der Waals surface area (Å²) in [7, 11) is 0. The van der Waals surface area contributed by atoms with Crippen molar-refractivity contribution in [2.45, 2.75) is 18.5 Å². The number of aromatic amines is 1. The number of para-hydroxylation sites is 1. The van der Waals surface area contributed by atoms with E-state index in [0.717, 1.165) is 16.8 Å². The molecule has 4 rings (SSSR count). The molecule has 0 fully saturated rings. The molecule has 4 heteroatoms. The third kappa shape index (κ3) is 2.00. The van der Waals surface area contributed by atoms with Gasteiger partial charge in [0.25, 0.3) is 0 Å². The SMILES string of the molecule is NC(=O)C1Cc2c([nH]c3ccccc23)C(c2ccccc2)N1. The van der Waals surface area contributed by atoms with Gasteiger partial charge in [-0.15, -0.1) is 0 Å². The second-order valence-corrected chi connectivity index (χ2v) is 5.73. The van der Waals surface area contributed by atoms with Gasteiger partial charge in [-0.05, 0) is 23.6 Å². The van der Waals surface area contributed by atoms with Crippen LogP contribution in [0.3, 0.4) is 0 Å². The van der Waals surface area contributed by atoms with Crippen LogP contribution in [0.15, 0.2) is 54.6 Å². The number of nitrogens with one attached hydrogen (secondary N) is 2. The maximum Gasteiger partial charge on any atom is 0.234 e. The molecule has 0 saturated carbocycles. The van der Waals surface area contributed by atoms with Crippen LogP contribution in [0, 0.1) is 0 Å². The van der Waals surface area contributed by atoms with Crippen molar-refractivity contribution in [3.8, 4) is 0 Å². The average Bonchev–Trinajstić information content (AvgIpc) is 2.93. The Morgan fingerprint density at radius 1 is 1.05 bits per heavy atom. The summed E-state index contributed by atoms with van der Waals surface area (Å²) < 4.78 is 0. The molecule has 110 valence electrons. The molecule has 2 heterocycles. The summed E-state index contributed by atoms with van der Waals surface area (Å²) >= 11 is 0. The minimum absolute atomic E-state index is 0.0464. The molecule has 0 aliphatic carbocycles. The van der Waals surface area contributed by atoms with Gasteiger partial charge in [0, 0.05) is 16.6 Å². The number of carbonyl (C=O) groups excluding carboxylic acids is 1. The average molecular weight is 291 g/mol. The van der Waals surface area contributed by atoms with Gasteiger partial charge < -0.3 is 10.7 Å². The standard InChI is InChI=1S/C18H17N3O/c19-18(22)15-10-13-12-8-4-5-9-14(12)20-17(13)16(21-15)11-6-2-1-3-7-11/h1-9,15-16,20-21H,10H2,(H2,19,22). The molecule has 4 nitrogen and oxygen atoms in total. The molecule has 0 spiro atoms. The number of H-pyrrole nitrogens is 1. The van der Waals surface area contributed by atoms with E-state index in [0.29, 0.717) is 6.42 Å². The molecule has 4 N–H and O–H groups in total. The highest BCUT2D eigenvalue weighted by atomic mass is 16.1. The first kappa shape index (κ1) is 13.1. The third-order valence-electron chi connectivity index (χ3n) is 4.39. The number of primary amides is 1. The quantitative estimate of drug-likeness (QED) is 0.677. The fourth-order valence-electron chi connectivity index (χ4n) is 3.33. The Morgan fingerprint density at radius 3 is 2.55 bits per heavy atom. The van der Waals surface area contributed by atoms with E-state index in [2.05, 4.69) is 34.6 Å². The fraction of sp³-hybridized carbons (Fsp3) is 0.167. The molecule has 0 radical (unpaired) electrons.